The van der Waals surface area contributed by atoms with E-state index in [1.165, 1.54) is 6.42 Å². The topological polar surface area (TPSA) is 50.2 Å². The van der Waals surface area contributed by atoms with Gasteiger partial charge in [0.1, 0.15) is 0 Å². The first-order chi connectivity index (χ1) is 15.5. The molecule has 4 rings (SSSR count). The van der Waals surface area contributed by atoms with Crippen molar-refractivity contribution in [2.75, 3.05) is 19.3 Å². The molecule has 0 saturated carbocycles. The Morgan fingerprint density at radius 3 is 2.38 bits per heavy atom. The minimum atomic E-state index is -0.213. The number of thioether (sulfide) groups is 1. The van der Waals surface area contributed by atoms with Gasteiger partial charge >= 0.3 is 0 Å². The number of hydrogen-bond donors (Lipinski definition) is 1. The minimum Gasteiger partial charge on any atom is -0.283 e. The first-order valence-electron chi connectivity index (χ1n) is 10.4. The maximum Gasteiger partial charge on any atom is 0.286 e. The first-order valence-corrected chi connectivity index (χ1v) is 12.9. The smallest absolute Gasteiger partial charge is 0.283 e. The van der Waals surface area contributed by atoms with E-state index in [1.54, 1.807) is 28.6 Å². The zero-order valence-corrected chi connectivity index (χ0v) is 20.7. The summed E-state index contributed by atoms with van der Waals surface area (Å²) < 4.78 is 1.73. The fraction of sp³-hybridized carbons (Fsp3) is 0.304. The number of nitrogens with one attached hydrogen (secondary N) is 1. The molecule has 32 heavy (non-hydrogen) atoms. The third-order valence-electron chi connectivity index (χ3n) is 5.36. The van der Waals surface area contributed by atoms with Gasteiger partial charge in [-0.05, 0) is 49.4 Å². The summed E-state index contributed by atoms with van der Waals surface area (Å²) in [6, 6.07) is 12.8. The van der Waals surface area contributed by atoms with Crippen molar-refractivity contribution >= 4 is 52.5 Å². The molecule has 1 aliphatic rings. The molecule has 0 atom stereocenters. The molecule has 1 aromatic heterocycles. The molecule has 2 aromatic carbocycles. The average molecular weight is 510 g/mol. The molecule has 0 spiro atoms. The Morgan fingerprint density at radius 2 is 1.72 bits per heavy atom. The summed E-state index contributed by atoms with van der Waals surface area (Å²) in [5, 5.41) is 8.36. The highest BCUT2D eigenvalue weighted by Crippen LogP contribution is 2.35. The van der Waals surface area contributed by atoms with Gasteiger partial charge in [0.05, 0.1) is 16.4 Å². The minimum absolute atomic E-state index is 0.213. The molecule has 1 saturated heterocycles. The van der Waals surface area contributed by atoms with Crippen molar-refractivity contribution in [3.05, 3.63) is 68.8 Å². The third kappa shape index (κ3) is 5.10. The number of amides is 1. The summed E-state index contributed by atoms with van der Waals surface area (Å²) in [5.41, 5.74) is 6.64. The Morgan fingerprint density at radius 1 is 1.03 bits per heavy atom. The molecule has 1 fully saturated rings. The van der Waals surface area contributed by atoms with Gasteiger partial charge in [0.25, 0.3) is 5.91 Å². The summed E-state index contributed by atoms with van der Waals surface area (Å²) in [5.74, 6) is 0.404. The van der Waals surface area contributed by atoms with E-state index in [1.807, 2.05) is 41.6 Å². The normalized spacial score (nSPS) is 14.5. The number of halogens is 3. The Hall–Kier alpha value is -1.70. The number of carbonyl (C=O) groups is 1. The standard InChI is InChI=1S/C23H23Cl3N4OS/c1-32-14-18-21(23(31)28-29-11-3-2-4-12-29)27-30(20-10-9-17(25)13-19(20)26)22(18)15-5-7-16(24)8-6-15/h5-10,13H,2-4,11-12,14H2,1H3,(H,28,31). The van der Waals surface area contributed by atoms with Crippen LogP contribution in [-0.2, 0) is 5.75 Å². The van der Waals surface area contributed by atoms with Gasteiger partial charge in [0, 0.05) is 40.0 Å². The Labute approximate surface area is 207 Å². The van der Waals surface area contributed by atoms with Crippen LogP contribution in [0, 0.1) is 0 Å². The van der Waals surface area contributed by atoms with Crippen LogP contribution in [0.15, 0.2) is 42.5 Å². The van der Waals surface area contributed by atoms with Crippen LogP contribution in [0.5, 0.6) is 0 Å². The fourth-order valence-corrected chi connectivity index (χ4v) is 5.02. The van der Waals surface area contributed by atoms with Crippen molar-refractivity contribution in [3.8, 4) is 16.9 Å². The predicted molar refractivity (Wildman–Crippen MR) is 134 cm³/mol. The van der Waals surface area contributed by atoms with Crippen molar-refractivity contribution < 1.29 is 4.79 Å². The lowest BCUT2D eigenvalue weighted by molar-refractivity contribution is 0.0743. The molecule has 1 aliphatic heterocycles. The number of nitrogens with zero attached hydrogens (tertiary/aromatic N) is 3. The fourth-order valence-electron chi connectivity index (χ4n) is 3.85. The monoisotopic (exact) mass is 508 g/mol. The second kappa shape index (κ2) is 10.5. The third-order valence-corrected chi connectivity index (χ3v) is 6.73. The summed E-state index contributed by atoms with van der Waals surface area (Å²) in [6.07, 6.45) is 5.34. The molecule has 0 aliphatic carbocycles. The molecule has 168 valence electrons. The molecule has 0 unspecified atom stereocenters. The maximum atomic E-state index is 13.3. The van der Waals surface area contributed by atoms with Gasteiger partial charge in [0.15, 0.2) is 5.69 Å². The number of aromatic nitrogens is 2. The van der Waals surface area contributed by atoms with Crippen molar-refractivity contribution in [1.29, 1.82) is 0 Å². The van der Waals surface area contributed by atoms with E-state index in [2.05, 4.69) is 5.43 Å². The van der Waals surface area contributed by atoms with Crippen LogP contribution < -0.4 is 5.43 Å². The van der Waals surface area contributed by atoms with Crippen LogP contribution in [-0.4, -0.2) is 40.0 Å². The first kappa shape index (κ1) is 23.5. The average Bonchev–Trinajstić information content (AvgIpc) is 3.14. The largest absolute Gasteiger partial charge is 0.286 e. The van der Waals surface area contributed by atoms with Crippen molar-refractivity contribution in [2.24, 2.45) is 0 Å². The lowest BCUT2D eigenvalue weighted by atomic mass is 10.1. The lowest BCUT2D eigenvalue weighted by Crippen LogP contribution is -2.45. The van der Waals surface area contributed by atoms with E-state index < -0.39 is 0 Å². The summed E-state index contributed by atoms with van der Waals surface area (Å²) in [7, 11) is 0. The second-order valence-corrected chi connectivity index (χ2v) is 9.76. The van der Waals surface area contributed by atoms with E-state index in [0.29, 0.717) is 32.2 Å². The highest BCUT2D eigenvalue weighted by atomic mass is 35.5. The van der Waals surface area contributed by atoms with Gasteiger partial charge in [-0.15, -0.1) is 0 Å². The van der Waals surface area contributed by atoms with E-state index in [4.69, 9.17) is 39.9 Å². The summed E-state index contributed by atoms with van der Waals surface area (Å²) in [4.78, 5) is 13.3. The lowest BCUT2D eigenvalue weighted by Gasteiger charge is -2.26. The summed E-state index contributed by atoms with van der Waals surface area (Å²) in [6.45, 7) is 1.69. The quantitative estimate of drug-likeness (QED) is 0.412. The van der Waals surface area contributed by atoms with Gasteiger partial charge < -0.3 is 0 Å². The van der Waals surface area contributed by atoms with Crippen molar-refractivity contribution in [3.63, 3.8) is 0 Å². The molecule has 0 bridgehead atoms. The van der Waals surface area contributed by atoms with Crippen molar-refractivity contribution in [2.45, 2.75) is 25.0 Å². The predicted octanol–water partition coefficient (Wildman–Crippen LogP) is 6.49. The number of hydrazine groups is 1. The maximum absolute atomic E-state index is 13.3. The number of rotatable bonds is 6. The number of hydrogen-bond acceptors (Lipinski definition) is 4. The Balaban J connectivity index is 1.86. The molecule has 1 amide bonds. The van der Waals surface area contributed by atoms with E-state index in [9.17, 15) is 4.79 Å². The van der Waals surface area contributed by atoms with Crippen LogP contribution >= 0.6 is 46.6 Å². The van der Waals surface area contributed by atoms with Crippen LogP contribution in [0.4, 0.5) is 0 Å². The van der Waals surface area contributed by atoms with Crippen LogP contribution in [0.2, 0.25) is 15.1 Å². The van der Waals surface area contributed by atoms with E-state index >= 15 is 0 Å². The molecule has 0 radical (unpaired) electrons. The molecule has 2 heterocycles. The second-order valence-electron chi connectivity index (χ2n) is 7.61. The Bertz CT molecular complexity index is 1110. The molecular weight excluding hydrogens is 487 g/mol. The highest BCUT2D eigenvalue weighted by molar-refractivity contribution is 7.97. The molecule has 3 aromatic rings. The molecule has 9 heteroatoms. The molecular formula is C23H23Cl3N4OS. The van der Waals surface area contributed by atoms with Crippen molar-refractivity contribution in [1.82, 2.24) is 20.2 Å². The van der Waals surface area contributed by atoms with Crippen LogP contribution in [0.1, 0.15) is 35.3 Å². The van der Waals surface area contributed by atoms with Gasteiger partial charge in [-0.1, -0.05) is 53.4 Å². The number of benzene rings is 2. The van der Waals surface area contributed by atoms with Gasteiger partial charge in [-0.3, -0.25) is 10.2 Å². The highest BCUT2D eigenvalue weighted by Gasteiger charge is 2.26. The van der Waals surface area contributed by atoms with Gasteiger partial charge in [0.2, 0.25) is 0 Å². The van der Waals surface area contributed by atoms with E-state index in [-0.39, 0.29) is 5.91 Å². The molecule has 5 nitrogen and oxygen atoms in total. The summed E-state index contributed by atoms with van der Waals surface area (Å²) >= 11 is 20.4. The number of carbonyl (C=O) groups excluding carboxylic acids is 1. The van der Waals surface area contributed by atoms with E-state index in [0.717, 1.165) is 42.8 Å². The Kier molecular flexibility index (Phi) is 7.69. The number of piperidine rings is 1. The van der Waals surface area contributed by atoms with Crippen LogP contribution in [0.3, 0.4) is 0 Å². The van der Waals surface area contributed by atoms with Gasteiger partial charge in [-0.2, -0.15) is 16.9 Å². The van der Waals surface area contributed by atoms with Crippen LogP contribution in [0.25, 0.3) is 16.9 Å². The molecule has 1 N–H and O–H groups in total. The zero-order chi connectivity index (χ0) is 22.7. The SMILES string of the molecule is CSCc1c(C(=O)NN2CCCCC2)nn(-c2ccc(Cl)cc2Cl)c1-c1ccc(Cl)cc1. The van der Waals surface area contributed by atoms with Gasteiger partial charge in [-0.25, -0.2) is 9.69 Å². The zero-order valence-electron chi connectivity index (χ0n) is 17.6.